The minimum absolute atomic E-state index is 0.169. The minimum Gasteiger partial charge on any atom is -0.352 e. The van der Waals surface area contributed by atoms with Crippen LogP contribution >= 0.6 is 0 Å². The Morgan fingerprint density at radius 2 is 2.05 bits per heavy atom. The number of nitrogens with one attached hydrogen (secondary N) is 1. The summed E-state index contributed by atoms with van der Waals surface area (Å²) >= 11 is 0. The molecule has 0 unspecified atom stereocenters. The van der Waals surface area contributed by atoms with E-state index < -0.39 is 11.9 Å². The lowest BCUT2D eigenvalue weighted by Crippen LogP contribution is -2.33. The highest BCUT2D eigenvalue weighted by atomic mass is 19.1. The fourth-order valence-corrected chi connectivity index (χ4v) is 1.96. The van der Waals surface area contributed by atoms with Gasteiger partial charge in [-0.25, -0.2) is 4.98 Å². The molecular formula is C13H14FN3O3. The average molecular weight is 279 g/mol. The predicted molar refractivity (Wildman–Crippen MR) is 67.1 cm³/mol. The summed E-state index contributed by atoms with van der Waals surface area (Å²) in [6, 6.07) is 2.45. The first kappa shape index (κ1) is 14.1. The molecule has 1 saturated heterocycles. The van der Waals surface area contributed by atoms with Gasteiger partial charge in [0.25, 0.3) is 5.91 Å². The number of pyridine rings is 1. The van der Waals surface area contributed by atoms with E-state index in [1.54, 1.807) is 0 Å². The molecule has 6 nitrogen and oxygen atoms in total. The Hall–Kier alpha value is -2.31. The molecule has 1 fully saturated rings. The van der Waals surface area contributed by atoms with E-state index in [0.29, 0.717) is 19.5 Å². The molecule has 20 heavy (non-hydrogen) atoms. The zero-order chi connectivity index (χ0) is 14.5. The zero-order valence-corrected chi connectivity index (χ0v) is 10.8. The summed E-state index contributed by atoms with van der Waals surface area (Å²) in [5, 5.41) is 2.60. The maximum atomic E-state index is 12.8. The molecule has 106 valence electrons. The van der Waals surface area contributed by atoms with Gasteiger partial charge < -0.3 is 5.32 Å². The summed E-state index contributed by atoms with van der Waals surface area (Å²) in [5.41, 5.74) is 0.186. The number of likely N-dealkylation sites (tertiary alicyclic amines) is 1. The summed E-state index contributed by atoms with van der Waals surface area (Å²) in [5.74, 6) is -1.47. The molecule has 0 atom stereocenters. The van der Waals surface area contributed by atoms with Crippen molar-refractivity contribution in [3.63, 3.8) is 0 Å². The van der Waals surface area contributed by atoms with Gasteiger partial charge in [0.1, 0.15) is 0 Å². The molecule has 1 aromatic heterocycles. The molecule has 1 aromatic rings. The van der Waals surface area contributed by atoms with Gasteiger partial charge in [-0.15, -0.1) is 0 Å². The number of imide groups is 1. The number of carbonyl (C=O) groups excluding carboxylic acids is 3. The molecule has 0 saturated carbocycles. The molecule has 2 rings (SSSR count). The number of hydrogen-bond acceptors (Lipinski definition) is 4. The first-order chi connectivity index (χ1) is 9.58. The fraction of sp³-hybridized carbons (Fsp3) is 0.385. The van der Waals surface area contributed by atoms with Gasteiger partial charge >= 0.3 is 0 Å². The summed E-state index contributed by atoms with van der Waals surface area (Å²) < 4.78 is 12.8. The minimum atomic E-state index is -0.717. The Morgan fingerprint density at radius 3 is 2.70 bits per heavy atom. The third kappa shape index (κ3) is 3.37. The van der Waals surface area contributed by atoms with Crippen molar-refractivity contribution in [1.29, 1.82) is 0 Å². The van der Waals surface area contributed by atoms with E-state index in [4.69, 9.17) is 0 Å². The molecule has 1 aliphatic heterocycles. The summed E-state index contributed by atoms with van der Waals surface area (Å²) in [6.07, 6.45) is 2.21. The topological polar surface area (TPSA) is 79.4 Å². The number of halogens is 1. The Balaban J connectivity index is 1.75. The van der Waals surface area contributed by atoms with Crippen LogP contribution in [0.5, 0.6) is 0 Å². The second-order valence-electron chi connectivity index (χ2n) is 4.42. The van der Waals surface area contributed by atoms with Crippen molar-refractivity contribution >= 4 is 17.7 Å². The van der Waals surface area contributed by atoms with Gasteiger partial charge in [-0.2, -0.15) is 4.39 Å². The van der Waals surface area contributed by atoms with Crippen LogP contribution in [0, 0.1) is 5.95 Å². The third-order valence-electron chi connectivity index (χ3n) is 2.99. The number of carbonyl (C=O) groups is 3. The summed E-state index contributed by atoms with van der Waals surface area (Å²) in [4.78, 5) is 38.9. The zero-order valence-electron chi connectivity index (χ0n) is 10.8. The maximum absolute atomic E-state index is 12.8. The predicted octanol–water partition coefficient (Wildman–Crippen LogP) is 0.490. The van der Waals surface area contributed by atoms with Crippen LogP contribution in [0.25, 0.3) is 0 Å². The molecule has 0 aromatic carbocycles. The standard InChI is InChI=1S/C13H14FN3O3/c14-10-8-9(4-6-15-10)13(20)16-5-1-7-17-11(18)2-3-12(17)19/h4,6,8H,1-3,5,7H2,(H,16,20). The van der Waals surface area contributed by atoms with Crippen LogP contribution in [0.3, 0.4) is 0 Å². The van der Waals surface area contributed by atoms with Crippen LogP contribution in [-0.2, 0) is 9.59 Å². The normalized spacial score (nSPS) is 14.8. The lowest BCUT2D eigenvalue weighted by atomic mass is 10.2. The van der Waals surface area contributed by atoms with Gasteiger partial charge in [0, 0.05) is 43.8 Å². The van der Waals surface area contributed by atoms with Gasteiger partial charge in [0.2, 0.25) is 17.8 Å². The molecular weight excluding hydrogens is 265 g/mol. The number of rotatable bonds is 5. The van der Waals surface area contributed by atoms with E-state index in [-0.39, 0.29) is 30.2 Å². The van der Waals surface area contributed by atoms with Crippen molar-refractivity contribution in [3.8, 4) is 0 Å². The maximum Gasteiger partial charge on any atom is 0.251 e. The molecule has 1 aliphatic rings. The largest absolute Gasteiger partial charge is 0.352 e. The lowest BCUT2D eigenvalue weighted by molar-refractivity contribution is -0.138. The second kappa shape index (κ2) is 6.23. The summed E-state index contributed by atoms with van der Waals surface area (Å²) in [6.45, 7) is 0.600. The highest BCUT2D eigenvalue weighted by molar-refractivity contribution is 6.01. The van der Waals surface area contributed by atoms with Gasteiger partial charge in [-0.3, -0.25) is 19.3 Å². The summed E-state index contributed by atoms with van der Waals surface area (Å²) in [7, 11) is 0. The quantitative estimate of drug-likeness (QED) is 0.483. The van der Waals surface area contributed by atoms with Gasteiger partial charge in [-0.1, -0.05) is 0 Å². The van der Waals surface area contributed by atoms with E-state index in [1.165, 1.54) is 17.2 Å². The number of hydrogen-bond donors (Lipinski definition) is 1. The lowest BCUT2D eigenvalue weighted by Gasteiger charge is -2.13. The molecule has 3 amide bonds. The van der Waals surface area contributed by atoms with Crippen molar-refractivity contribution in [3.05, 3.63) is 29.8 Å². The van der Waals surface area contributed by atoms with Crippen LogP contribution in [0.1, 0.15) is 29.6 Å². The highest BCUT2D eigenvalue weighted by Crippen LogP contribution is 2.11. The Bertz CT molecular complexity index is 531. The first-order valence-corrected chi connectivity index (χ1v) is 6.31. The Kier molecular flexibility index (Phi) is 4.39. The van der Waals surface area contributed by atoms with Crippen molar-refractivity contribution in [2.75, 3.05) is 13.1 Å². The van der Waals surface area contributed by atoms with E-state index in [9.17, 15) is 18.8 Å². The molecule has 0 radical (unpaired) electrons. The van der Waals surface area contributed by atoms with Crippen LogP contribution in [0.2, 0.25) is 0 Å². The third-order valence-corrected chi connectivity index (χ3v) is 2.99. The average Bonchev–Trinajstić information content (AvgIpc) is 2.74. The second-order valence-corrected chi connectivity index (χ2v) is 4.42. The van der Waals surface area contributed by atoms with E-state index in [2.05, 4.69) is 10.3 Å². The van der Waals surface area contributed by atoms with Crippen LogP contribution in [-0.4, -0.2) is 40.7 Å². The van der Waals surface area contributed by atoms with Crippen molar-refractivity contribution in [2.45, 2.75) is 19.3 Å². The molecule has 2 heterocycles. The fourth-order valence-electron chi connectivity index (χ4n) is 1.96. The number of amides is 3. The molecule has 0 bridgehead atoms. The van der Waals surface area contributed by atoms with Crippen LogP contribution in [0.15, 0.2) is 18.3 Å². The SMILES string of the molecule is O=C(NCCCN1C(=O)CCC1=O)c1ccnc(F)c1. The van der Waals surface area contributed by atoms with E-state index >= 15 is 0 Å². The Labute approximate surface area is 115 Å². The first-order valence-electron chi connectivity index (χ1n) is 6.31. The van der Waals surface area contributed by atoms with Crippen LogP contribution < -0.4 is 5.32 Å². The van der Waals surface area contributed by atoms with Gasteiger partial charge in [-0.05, 0) is 12.5 Å². The van der Waals surface area contributed by atoms with Crippen molar-refractivity contribution in [1.82, 2.24) is 15.2 Å². The van der Waals surface area contributed by atoms with E-state index in [0.717, 1.165) is 6.07 Å². The van der Waals surface area contributed by atoms with Crippen LogP contribution in [0.4, 0.5) is 4.39 Å². The molecule has 0 aliphatic carbocycles. The number of nitrogens with zero attached hydrogens (tertiary/aromatic N) is 2. The molecule has 1 N–H and O–H groups in total. The number of aromatic nitrogens is 1. The smallest absolute Gasteiger partial charge is 0.251 e. The van der Waals surface area contributed by atoms with Crippen molar-refractivity contribution < 1.29 is 18.8 Å². The molecule has 0 spiro atoms. The van der Waals surface area contributed by atoms with Gasteiger partial charge in [0.15, 0.2) is 0 Å². The van der Waals surface area contributed by atoms with Crippen molar-refractivity contribution in [2.24, 2.45) is 0 Å². The monoisotopic (exact) mass is 279 g/mol. The Morgan fingerprint density at radius 1 is 1.35 bits per heavy atom. The molecule has 7 heteroatoms. The van der Waals surface area contributed by atoms with Gasteiger partial charge in [0.05, 0.1) is 0 Å². The van der Waals surface area contributed by atoms with E-state index in [1.807, 2.05) is 0 Å². The highest BCUT2D eigenvalue weighted by Gasteiger charge is 2.27.